The van der Waals surface area contributed by atoms with Gasteiger partial charge in [0.2, 0.25) is 0 Å². The van der Waals surface area contributed by atoms with Crippen LogP contribution in [0.5, 0.6) is 0 Å². The van der Waals surface area contributed by atoms with Crippen LogP contribution in [0.2, 0.25) is 0 Å². The molecule has 0 aliphatic carbocycles. The Morgan fingerprint density at radius 2 is 1.53 bits per heavy atom. The van der Waals surface area contributed by atoms with Gasteiger partial charge in [0, 0.05) is 12.6 Å². The second-order valence-corrected chi connectivity index (χ2v) is 4.80. The van der Waals surface area contributed by atoms with Gasteiger partial charge in [-0.3, -0.25) is 4.90 Å². The first-order valence-electron chi connectivity index (χ1n) is 7.25. The zero-order valence-electron chi connectivity index (χ0n) is 11.7. The van der Waals surface area contributed by atoms with Gasteiger partial charge < -0.3 is 10.2 Å². The van der Waals surface area contributed by atoms with Crippen molar-refractivity contribution in [3.8, 4) is 0 Å². The Bertz CT molecular complexity index is 153. The van der Waals surface area contributed by atoms with Gasteiger partial charge >= 0.3 is 0 Å². The third kappa shape index (κ3) is 8.58. The summed E-state index contributed by atoms with van der Waals surface area (Å²) >= 11 is 0. The van der Waals surface area contributed by atoms with Gasteiger partial charge in [0.05, 0.1) is 13.2 Å². The monoisotopic (exact) mass is 245 g/mol. The highest BCUT2D eigenvalue weighted by Gasteiger charge is 2.16. The van der Waals surface area contributed by atoms with Crippen LogP contribution >= 0.6 is 0 Å². The second kappa shape index (κ2) is 12.3. The fourth-order valence-corrected chi connectivity index (χ4v) is 2.19. The molecule has 3 nitrogen and oxygen atoms in total. The molecule has 0 rings (SSSR count). The molecule has 1 atom stereocenters. The molecule has 0 radical (unpaired) electrons. The summed E-state index contributed by atoms with van der Waals surface area (Å²) in [6.45, 7) is 6.50. The Balaban J connectivity index is 4.00. The Morgan fingerprint density at radius 1 is 0.882 bits per heavy atom. The van der Waals surface area contributed by atoms with E-state index in [4.69, 9.17) is 5.11 Å². The van der Waals surface area contributed by atoms with Crippen molar-refractivity contribution < 1.29 is 10.2 Å². The van der Waals surface area contributed by atoms with Crippen LogP contribution in [0.1, 0.15) is 58.8 Å². The third-order valence-electron chi connectivity index (χ3n) is 3.30. The molecule has 2 N–H and O–H groups in total. The lowest BCUT2D eigenvalue weighted by molar-refractivity contribution is 0.0928. The van der Waals surface area contributed by atoms with Gasteiger partial charge in [-0.2, -0.15) is 0 Å². The van der Waals surface area contributed by atoms with E-state index in [2.05, 4.69) is 18.7 Å². The van der Waals surface area contributed by atoms with E-state index >= 15 is 0 Å². The zero-order valence-corrected chi connectivity index (χ0v) is 11.7. The lowest BCUT2D eigenvalue weighted by Gasteiger charge is -2.30. The van der Waals surface area contributed by atoms with Crippen molar-refractivity contribution in [3.63, 3.8) is 0 Å². The molecule has 0 aromatic heterocycles. The maximum absolute atomic E-state index is 9.46. The van der Waals surface area contributed by atoms with Crippen LogP contribution in [-0.4, -0.2) is 47.5 Å². The molecule has 0 bridgehead atoms. The summed E-state index contributed by atoms with van der Waals surface area (Å²) in [4.78, 5) is 2.26. The molecular weight excluding hydrogens is 214 g/mol. The van der Waals surface area contributed by atoms with Gasteiger partial charge in [-0.25, -0.2) is 0 Å². The minimum Gasteiger partial charge on any atom is -0.395 e. The summed E-state index contributed by atoms with van der Waals surface area (Å²) in [6.07, 6.45) is 8.29. The van der Waals surface area contributed by atoms with E-state index in [-0.39, 0.29) is 19.3 Å². The van der Waals surface area contributed by atoms with Crippen molar-refractivity contribution in [2.24, 2.45) is 0 Å². The van der Waals surface area contributed by atoms with Gasteiger partial charge in [-0.05, 0) is 19.4 Å². The first kappa shape index (κ1) is 16.9. The lowest BCUT2D eigenvalue weighted by Crippen LogP contribution is -2.40. The molecule has 0 aromatic rings. The van der Waals surface area contributed by atoms with Crippen LogP contribution in [-0.2, 0) is 0 Å². The van der Waals surface area contributed by atoms with E-state index in [1.54, 1.807) is 0 Å². The highest BCUT2D eigenvalue weighted by Crippen LogP contribution is 2.11. The van der Waals surface area contributed by atoms with Crippen LogP contribution < -0.4 is 0 Å². The molecule has 0 aliphatic rings. The Morgan fingerprint density at radius 3 is 2.06 bits per heavy atom. The smallest absolute Gasteiger partial charge is 0.0586 e. The predicted molar refractivity (Wildman–Crippen MR) is 73.2 cm³/mol. The van der Waals surface area contributed by atoms with E-state index in [1.165, 1.54) is 38.5 Å². The standard InChI is InChI=1S/C14H31NO2/c1-3-5-7-9-14(13-17)15(11-12-16)10-8-6-4-2/h14,16-17H,3-13H2,1-2H3. The van der Waals surface area contributed by atoms with Gasteiger partial charge in [0.25, 0.3) is 0 Å². The van der Waals surface area contributed by atoms with Crippen LogP contribution in [0.25, 0.3) is 0 Å². The summed E-state index contributed by atoms with van der Waals surface area (Å²) in [5.74, 6) is 0. The van der Waals surface area contributed by atoms with Crippen LogP contribution in [0.3, 0.4) is 0 Å². The van der Waals surface area contributed by atoms with Crippen molar-refractivity contribution in [1.82, 2.24) is 4.90 Å². The highest BCUT2D eigenvalue weighted by molar-refractivity contribution is 4.71. The van der Waals surface area contributed by atoms with Crippen LogP contribution in [0.15, 0.2) is 0 Å². The molecule has 0 aliphatic heterocycles. The van der Waals surface area contributed by atoms with Crippen molar-refractivity contribution >= 4 is 0 Å². The molecular formula is C14H31NO2. The largest absolute Gasteiger partial charge is 0.395 e. The zero-order chi connectivity index (χ0) is 12.9. The maximum atomic E-state index is 9.46. The molecule has 104 valence electrons. The minimum absolute atomic E-state index is 0.191. The average Bonchev–Trinajstić information content (AvgIpc) is 2.34. The van der Waals surface area contributed by atoms with Gasteiger partial charge in [-0.15, -0.1) is 0 Å². The number of nitrogens with zero attached hydrogens (tertiary/aromatic N) is 1. The fraction of sp³-hybridized carbons (Fsp3) is 1.00. The highest BCUT2D eigenvalue weighted by atomic mass is 16.3. The number of unbranched alkanes of at least 4 members (excludes halogenated alkanes) is 4. The molecule has 17 heavy (non-hydrogen) atoms. The van der Waals surface area contributed by atoms with Gasteiger partial charge in [0.15, 0.2) is 0 Å². The minimum atomic E-state index is 0.191. The lowest BCUT2D eigenvalue weighted by atomic mass is 10.1. The maximum Gasteiger partial charge on any atom is 0.0586 e. The van der Waals surface area contributed by atoms with E-state index < -0.39 is 0 Å². The summed E-state index contributed by atoms with van der Waals surface area (Å²) in [6, 6.07) is 0.241. The van der Waals surface area contributed by atoms with E-state index in [0.29, 0.717) is 6.54 Å². The summed E-state index contributed by atoms with van der Waals surface area (Å²) in [7, 11) is 0. The molecule has 0 fully saturated rings. The number of aliphatic hydroxyl groups excluding tert-OH is 2. The molecule has 0 aromatic carbocycles. The van der Waals surface area contributed by atoms with Crippen molar-refractivity contribution in [2.45, 2.75) is 64.8 Å². The van der Waals surface area contributed by atoms with E-state index in [1.807, 2.05) is 0 Å². The molecule has 0 saturated carbocycles. The first-order chi connectivity index (χ1) is 8.29. The quantitative estimate of drug-likeness (QED) is 0.519. The summed E-state index contributed by atoms with van der Waals surface area (Å²) in [5, 5.41) is 18.5. The fourth-order valence-electron chi connectivity index (χ4n) is 2.19. The number of hydrogen-bond donors (Lipinski definition) is 2. The summed E-state index contributed by atoms with van der Waals surface area (Å²) in [5.41, 5.74) is 0. The first-order valence-corrected chi connectivity index (χ1v) is 7.25. The Labute approximate surface area is 107 Å². The van der Waals surface area contributed by atoms with E-state index in [0.717, 1.165) is 13.0 Å². The van der Waals surface area contributed by atoms with Crippen molar-refractivity contribution in [3.05, 3.63) is 0 Å². The molecule has 0 spiro atoms. The SMILES string of the molecule is CCCCCC(CO)N(CCO)CCCCC. The Hall–Kier alpha value is -0.120. The topological polar surface area (TPSA) is 43.7 Å². The normalized spacial score (nSPS) is 13.2. The molecule has 0 saturated heterocycles. The number of rotatable bonds is 12. The Kier molecular flexibility index (Phi) is 12.3. The predicted octanol–water partition coefficient (Wildman–Crippen LogP) is 2.41. The van der Waals surface area contributed by atoms with Crippen LogP contribution in [0.4, 0.5) is 0 Å². The molecule has 3 heteroatoms. The van der Waals surface area contributed by atoms with Gasteiger partial charge in [-0.1, -0.05) is 46.0 Å². The second-order valence-electron chi connectivity index (χ2n) is 4.80. The third-order valence-corrected chi connectivity index (χ3v) is 3.30. The average molecular weight is 245 g/mol. The molecule has 1 unspecified atom stereocenters. The molecule has 0 amide bonds. The van der Waals surface area contributed by atoms with Crippen molar-refractivity contribution in [2.75, 3.05) is 26.3 Å². The van der Waals surface area contributed by atoms with E-state index in [9.17, 15) is 5.11 Å². The number of hydrogen-bond acceptors (Lipinski definition) is 3. The summed E-state index contributed by atoms with van der Waals surface area (Å²) < 4.78 is 0. The van der Waals surface area contributed by atoms with Crippen LogP contribution in [0, 0.1) is 0 Å². The van der Waals surface area contributed by atoms with Gasteiger partial charge in [0.1, 0.15) is 0 Å². The van der Waals surface area contributed by atoms with Crippen molar-refractivity contribution in [1.29, 1.82) is 0 Å². The number of aliphatic hydroxyl groups is 2. The molecule has 0 heterocycles.